The first-order valence-corrected chi connectivity index (χ1v) is 15.8. The van der Waals surface area contributed by atoms with Crippen molar-refractivity contribution in [2.45, 2.75) is 45.5 Å². The summed E-state index contributed by atoms with van der Waals surface area (Å²) < 4.78 is 12.0. The Kier molecular flexibility index (Phi) is 8.02. The quantitative estimate of drug-likeness (QED) is 0.170. The third kappa shape index (κ3) is 5.74. The summed E-state index contributed by atoms with van der Waals surface area (Å²) in [4.78, 5) is 31.3. The van der Waals surface area contributed by atoms with Gasteiger partial charge in [0.25, 0.3) is 11.8 Å². The largest absolute Gasteiger partial charge is 0.497 e. The fourth-order valence-electron chi connectivity index (χ4n) is 6.47. The minimum absolute atomic E-state index is 0.0516. The van der Waals surface area contributed by atoms with Crippen molar-refractivity contribution in [2.75, 3.05) is 12.0 Å². The van der Waals surface area contributed by atoms with Gasteiger partial charge < -0.3 is 19.3 Å². The second-order valence-corrected chi connectivity index (χ2v) is 12.0. The Balaban J connectivity index is 1.17. The summed E-state index contributed by atoms with van der Waals surface area (Å²) in [6, 6.07) is 37.8. The minimum atomic E-state index is -0.126. The molecule has 2 amide bonds. The molecule has 0 spiro atoms. The Bertz CT molecular complexity index is 1880. The summed E-state index contributed by atoms with van der Waals surface area (Å²) in [5.41, 5.74) is 8.14. The van der Waals surface area contributed by atoms with E-state index in [1.807, 2.05) is 77.7 Å². The van der Waals surface area contributed by atoms with Crippen molar-refractivity contribution in [1.82, 2.24) is 4.90 Å². The molecule has 0 fully saturated rings. The van der Waals surface area contributed by atoms with E-state index in [1.54, 1.807) is 18.1 Å². The van der Waals surface area contributed by atoms with Crippen molar-refractivity contribution in [3.8, 4) is 22.6 Å². The Labute approximate surface area is 269 Å². The average molecular weight is 609 g/mol. The van der Waals surface area contributed by atoms with Crippen LogP contribution in [-0.2, 0) is 26.1 Å². The lowest BCUT2D eigenvalue weighted by Gasteiger charge is -2.24. The summed E-state index contributed by atoms with van der Waals surface area (Å²) in [7, 11) is 1.65. The van der Waals surface area contributed by atoms with E-state index in [1.165, 1.54) is 16.7 Å². The maximum absolute atomic E-state index is 14.1. The molecule has 2 aliphatic rings. The maximum atomic E-state index is 14.1. The zero-order valence-corrected chi connectivity index (χ0v) is 26.1. The van der Waals surface area contributed by atoms with Gasteiger partial charge in [-0.25, -0.2) is 0 Å². The Hall–Kier alpha value is -5.36. The molecule has 230 valence electrons. The number of carbonyl (C=O) groups is 2. The van der Waals surface area contributed by atoms with Crippen molar-refractivity contribution in [2.24, 2.45) is 0 Å². The lowest BCUT2D eigenvalue weighted by molar-refractivity contribution is 0.0751. The molecule has 0 bridgehead atoms. The van der Waals surface area contributed by atoms with Crippen LogP contribution in [0.2, 0.25) is 0 Å². The molecule has 46 heavy (non-hydrogen) atoms. The van der Waals surface area contributed by atoms with E-state index in [2.05, 4.69) is 43.3 Å². The standard InChI is InChI=1S/C40H36N2O4/c1-27(15-16-28-9-4-3-5-10-28)46-37-14-8-13-36(38(37)29-19-21-34(45-2)22-20-29)42-26-33-18-17-30(23-35(33)40(42)44)39(43)41-24-31-11-6-7-12-32(31)25-41/h3-14,17-23,27H,15-16,24-26H2,1-2H3. The summed E-state index contributed by atoms with van der Waals surface area (Å²) in [5, 5.41) is 0. The number of hydrogen-bond acceptors (Lipinski definition) is 4. The van der Waals surface area contributed by atoms with Crippen LogP contribution in [-0.4, -0.2) is 29.9 Å². The molecule has 5 aromatic rings. The number of carbonyl (C=O) groups excluding carboxylic acids is 2. The van der Waals surface area contributed by atoms with E-state index >= 15 is 0 Å². The number of fused-ring (bicyclic) bond motifs is 2. The number of methoxy groups -OCH3 is 1. The fraction of sp³-hybridized carbons (Fsp3) is 0.200. The molecular weight excluding hydrogens is 572 g/mol. The molecule has 1 unspecified atom stereocenters. The molecule has 0 N–H and O–H groups in total. The highest BCUT2D eigenvalue weighted by molar-refractivity contribution is 6.13. The number of ether oxygens (including phenoxy) is 2. The van der Waals surface area contributed by atoms with Crippen LogP contribution in [0.4, 0.5) is 5.69 Å². The highest BCUT2D eigenvalue weighted by Crippen LogP contribution is 2.43. The zero-order chi connectivity index (χ0) is 31.6. The number of amides is 2. The number of hydrogen-bond donors (Lipinski definition) is 0. The molecule has 0 aliphatic carbocycles. The topological polar surface area (TPSA) is 59.1 Å². The van der Waals surface area contributed by atoms with E-state index < -0.39 is 0 Å². The Morgan fingerprint density at radius 1 is 0.783 bits per heavy atom. The predicted molar refractivity (Wildman–Crippen MR) is 180 cm³/mol. The van der Waals surface area contributed by atoms with Crippen LogP contribution in [0.1, 0.15) is 56.3 Å². The Morgan fingerprint density at radius 3 is 2.22 bits per heavy atom. The van der Waals surface area contributed by atoms with Crippen LogP contribution in [0.3, 0.4) is 0 Å². The zero-order valence-electron chi connectivity index (χ0n) is 26.1. The van der Waals surface area contributed by atoms with Gasteiger partial charge in [-0.1, -0.05) is 78.9 Å². The molecule has 6 heteroatoms. The Morgan fingerprint density at radius 2 is 1.50 bits per heavy atom. The summed E-state index contributed by atoms with van der Waals surface area (Å²) in [6.07, 6.45) is 1.71. The van der Waals surface area contributed by atoms with Crippen molar-refractivity contribution in [1.29, 1.82) is 0 Å². The number of nitrogens with zero attached hydrogens (tertiary/aromatic N) is 2. The molecule has 5 aromatic carbocycles. The third-order valence-electron chi connectivity index (χ3n) is 8.97. The van der Waals surface area contributed by atoms with Gasteiger partial charge >= 0.3 is 0 Å². The smallest absolute Gasteiger partial charge is 0.258 e. The van der Waals surface area contributed by atoms with Crippen LogP contribution in [0.5, 0.6) is 11.5 Å². The van der Waals surface area contributed by atoms with Crippen molar-refractivity contribution in [3.05, 3.63) is 149 Å². The molecule has 7 rings (SSSR count). The first-order valence-electron chi connectivity index (χ1n) is 15.8. The molecule has 2 heterocycles. The van der Waals surface area contributed by atoms with E-state index in [9.17, 15) is 9.59 Å². The van der Waals surface area contributed by atoms with Gasteiger partial charge in [-0.15, -0.1) is 0 Å². The number of benzene rings is 5. The van der Waals surface area contributed by atoms with Gasteiger partial charge in [0.2, 0.25) is 0 Å². The summed E-state index contributed by atoms with van der Waals surface area (Å²) >= 11 is 0. The van der Waals surface area contributed by atoms with Crippen molar-refractivity contribution >= 4 is 17.5 Å². The van der Waals surface area contributed by atoms with E-state index in [0.717, 1.165) is 46.7 Å². The van der Waals surface area contributed by atoms with Crippen molar-refractivity contribution < 1.29 is 19.1 Å². The van der Waals surface area contributed by atoms with Gasteiger partial charge in [0.1, 0.15) is 11.5 Å². The minimum Gasteiger partial charge on any atom is -0.497 e. The van der Waals surface area contributed by atoms with Gasteiger partial charge in [-0.05, 0) is 84.0 Å². The molecule has 0 saturated carbocycles. The van der Waals surface area contributed by atoms with Crippen molar-refractivity contribution in [3.63, 3.8) is 0 Å². The van der Waals surface area contributed by atoms with E-state index in [-0.39, 0.29) is 17.9 Å². The molecule has 0 radical (unpaired) electrons. The molecular formula is C40H36N2O4. The SMILES string of the molecule is COc1ccc(-c2c(OC(C)CCc3ccccc3)cccc2N2Cc3ccc(C(=O)N4Cc5ccccc5C4)cc3C2=O)cc1. The van der Waals surface area contributed by atoms with Crippen LogP contribution >= 0.6 is 0 Å². The second kappa shape index (κ2) is 12.6. The molecule has 0 aromatic heterocycles. The van der Waals surface area contributed by atoms with Gasteiger partial charge in [0, 0.05) is 29.8 Å². The molecule has 6 nitrogen and oxygen atoms in total. The van der Waals surface area contributed by atoms with E-state index in [4.69, 9.17) is 9.47 Å². The molecule has 0 saturated heterocycles. The highest BCUT2D eigenvalue weighted by Gasteiger charge is 2.33. The second-order valence-electron chi connectivity index (χ2n) is 12.0. The summed E-state index contributed by atoms with van der Waals surface area (Å²) in [6.45, 7) is 3.65. The van der Waals surface area contributed by atoms with Gasteiger partial charge in [-0.3, -0.25) is 9.59 Å². The van der Waals surface area contributed by atoms with Gasteiger partial charge in [-0.2, -0.15) is 0 Å². The monoisotopic (exact) mass is 608 g/mol. The molecule has 2 aliphatic heterocycles. The number of anilines is 1. The maximum Gasteiger partial charge on any atom is 0.258 e. The first kappa shape index (κ1) is 29.4. The number of aryl methyl sites for hydroxylation is 1. The lowest BCUT2D eigenvalue weighted by atomic mass is 10.0. The average Bonchev–Trinajstić information content (AvgIpc) is 3.68. The molecule has 1 atom stereocenters. The first-order chi connectivity index (χ1) is 22.5. The van der Waals surface area contributed by atoms with Crippen LogP contribution in [0.25, 0.3) is 11.1 Å². The number of rotatable bonds is 9. The highest BCUT2D eigenvalue weighted by atomic mass is 16.5. The van der Waals surface area contributed by atoms with Crippen LogP contribution in [0, 0.1) is 0 Å². The fourth-order valence-corrected chi connectivity index (χ4v) is 6.47. The predicted octanol–water partition coefficient (Wildman–Crippen LogP) is 8.08. The van der Waals surface area contributed by atoms with Crippen LogP contribution < -0.4 is 14.4 Å². The third-order valence-corrected chi connectivity index (χ3v) is 8.97. The van der Waals surface area contributed by atoms with Crippen LogP contribution in [0.15, 0.2) is 115 Å². The van der Waals surface area contributed by atoms with Gasteiger partial charge in [0.15, 0.2) is 0 Å². The van der Waals surface area contributed by atoms with Gasteiger partial charge in [0.05, 0.1) is 25.4 Å². The normalized spacial score (nSPS) is 14.2. The van der Waals surface area contributed by atoms with E-state index in [0.29, 0.717) is 30.8 Å². The summed E-state index contributed by atoms with van der Waals surface area (Å²) in [5.74, 6) is 1.28. The lowest BCUT2D eigenvalue weighted by Crippen LogP contribution is -2.26.